The number of hydrogen-bond acceptors (Lipinski definition) is 4. The van der Waals surface area contributed by atoms with E-state index >= 15 is 0 Å². The van der Waals surface area contributed by atoms with Crippen LogP contribution < -0.4 is 0 Å². The van der Waals surface area contributed by atoms with E-state index in [0.29, 0.717) is 6.79 Å². The summed E-state index contributed by atoms with van der Waals surface area (Å²) in [6.45, 7) is 3.36. The monoisotopic (exact) mass is 288 g/mol. The van der Waals surface area contributed by atoms with Gasteiger partial charge in [0, 0.05) is 14.2 Å². The molecule has 0 radical (unpaired) electrons. The van der Waals surface area contributed by atoms with E-state index in [1.807, 2.05) is 6.08 Å². The van der Waals surface area contributed by atoms with Gasteiger partial charge in [-0.3, -0.25) is 0 Å². The summed E-state index contributed by atoms with van der Waals surface area (Å²) >= 11 is 0. The molecule has 0 aromatic carbocycles. The number of hydrogen-bond donors (Lipinski definition) is 0. The highest BCUT2D eigenvalue weighted by molar-refractivity contribution is 4.72. The van der Waals surface area contributed by atoms with Crippen molar-refractivity contribution in [2.45, 2.75) is 64.6 Å². The van der Waals surface area contributed by atoms with Crippen molar-refractivity contribution in [3.8, 4) is 0 Å². The van der Waals surface area contributed by atoms with Gasteiger partial charge in [-0.15, -0.1) is 0 Å². The third kappa shape index (κ3) is 13.8. The standard InChI is InChI=1S/C16H32O4/c1-4-5-6-10-13-19-15-20-14-11-8-7-9-12-16(17-2)18-3/h11,14,16H,4-10,12-13,15H2,1-3H3. The van der Waals surface area contributed by atoms with Crippen molar-refractivity contribution in [3.63, 3.8) is 0 Å². The minimum atomic E-state index is -0.0728. The van der Waals surface area contributed by atoms with E-state index < -0.39 is 0 Å². The van der Waals surface area contributed by atoms with Crippen LogP contribution in [0.4, 0.5) is 0 Å². The van der Waals surface area contributed by atoms with Crippen LogP contribution in [0.5, 0.6) is 0 Å². The predicted molar refractivity (Wildman–Crippen MR) is 81.5 cm³/mol. The van der Waals surface area contributed by atoms with Gasteiger partial charge in [-0.2, -0.15) is 0 Å². The minimum Gasteiger partial charge on any atom is -0.475 e. The normalized spacial score (nSPS) is 11.6. The number of unbranched alkanes of at least 4 members (excludes halogenated alkanes) is 5. The fourth-order valence-electron chi connectivity index (χ4n) is 1.82. The van der Waals surface area contributed by atoms with E-state index in [1.165, 1.54) is 19.3 Å². The summed E-state index contributed by atoms with van der Waals surface area (Å²) < 4.78 is 20.9. The van der Waals surface area contributed by atoms with Crippen LogP contribution in [0.25, 0.3) is 0 Å². The molecule has 0 unspecified atom stereocenters. The summed E-state index contributed by atoms with van der Waals surface area (Å²) in [6, 6.07) is 0. The summed E-state index contributed by atoms with van der Waals surface area (Å²) in [5.74, 6) is 0. The molecule has 0 spiro atoms. The zero-order chi connectivity index (χ0) is 14.9. The average molecular weight is 288 g/mol. The molecule has 0 aromatic rings. The predicted octanol–water partition coefficient (Wildman–Crippen LogP) is 4.25. The second kappa shape index (κ2) is 16.5. The maximum atomic E-state index is 5.36. The number of ether oxygens (including phenoxy) is 4. The lowest BCUT2D eigenvalue weighted by Gasteiger charge is -2.12. The van der Waals surface area contributed by atoms with Gasteiger partial charge in [0.05, 0.1) is 12.9 Å². The molecule has 0 N–H and O–H groups in total. The Balaban J connectivity index is 3.16. The lowest BCUT2D eigenvalue weighted by Crippen LogP contribution is -2.12. The van der Waals surface area contributed by atoms with Gasteiger partial charge in [-0.25, -0.2) is 0 Å². The summed E-state index contributed by atoms with van der Waals surface area (Å²) in [5.41, 5.74) is 0. The Morgan fingerprint density at radius 3 is 2.45 bits per heavy atom. The van der Waals surface area contributed by atoms with E-state index in [1.54, 1.807) is 20.5 Å². The second-order valence-electron chi connectivity index (χ2n) is 4.81. The van der Waals surface area contributed by atoms with Crippen molar-refractivity contribution in [3.05, 3.63) is 12.3 Å². The van der Waals surface area contributed by atoms with Crippen molar-refractivity contribution >= 4 is 0 Å². The molecule has 0 heterocycles. The first-order chi connectivity index (χ1) is 9.85. The molecule has 0 rings (SSSR count). The fourth-order valence-corrected chi connectivity index (χ4v) is 1.82. The van der Waals surface area contributed by atoms with Gasteiger partial charge < -0.3 is 18.9 Å². The largest absolute Gasteiger partial charge is 0.475 e. The van der Waals surface area contributed by atoms with Crippen LogP contribution in [-0.4, -0.2) is 33.9 Å². The Labute approximate surface area is 124 Å². The molecular formula is C16H32O4. The first kappa shape index (κ1) is 19.4. The number of methoxy groups -OCH3 is 2. The van der Waals surface area contributed by atoms with Crippen LogP contribution in [0.3, 0.4) is 0 Å². The fraction of sp³-hybridized carbons (Fsp3) is 0.875. The molecule has 0 amide bonds. The Morgan fingerprint density at radius 1 is 0.950 bits per heavy atom. The van der Waals surface area contributed by atoms with Gasteiger partial charge in [0.15, 0.2) is 13.1 Å². The maximum Gasteiger partial charge on any atom is 0.188 e. The SMILES string of the molecule is CCCCCCOCOC=CCCCCC(OC)OC. The molecule has 0 saturated carbocycles. The summed E-state index contributed by atoms with van der Waals surface area (Å²) in [4.78, 5) is 0. The van der Waals surface area contributed by atoms with Gasteiger partial charge in [0.1, 0.15) is 0 Å². The topological polar surface area (TPSA) is 36.9 Å². The van der Waals surface area contributed by atoms with E-state index in [9.17, 15) is 0 Å². The van der Waals surface area contributed by atoms with Crippen molar-refractivity contribution in [1.29, 1.82) is 0 Å². The van der Waals surface area contributed by atoms with Crippen LogP contribution >= 0.6 is 0 Å². The third-order valence-electron chi connectivity index (χ3n) is 3.07. The van der Waals surface area contributed by atoms with Crippen LogP contribution in [-0.2, 0) is 18.9 Å². The molecule has 0 aliphatic rings. The Kier molecular flexibility index (Phi) is 16.0. The van der Waals surface area contributed by atoms with Crippen LogP contribution in [0, 0.1) is 0 Å². The third-order valence-corrected chi connectivity index (χ3v) is 3.07. The van der Waals surface area contributed by atoms with Gasteiger partial charge >= 0.3 is 0 Å². The first-order valence-electron chi connectivity index (χ1n) is 7.75. The molecule has 4 heteroatoms. The molecule has 120 valence electrons. The minimum absolute atomic E-state index is 0.0728. The lowest BCUT2D eigenvalue weighted by atomic mass is 10.2. The smallest absolute Gasteiger partial charge is 0.188 e. The zero-order valence-corrected chi connectivity index (χ0v) is 13.4. The second-order valence-corrected chi connectivity index (χ2v) is 4.81. The van der Waals surface area contributed by atoms with E-state index in [2.05, 4.69) is 6.92 Å². The molecule has 0 saturated heterocycles. The van der Waals surface area contributed by atoms with Crippen molar-refractivity contribution in [2.24, 2.45) is 0 Å². The highest BCUT2D eigenvalue weighted by atomic mass is 16.7. The van der Waals surface area contributed by atoms with E-state index in [-0.39, 0.29) is 6.29 Å². The van der Waals surface area contributed by atoms with E-state index in [4.69, 9.17) is 18.9 Å². The Hall–Kier alpha value is -0.580. The lowest BCUT2D eigenvalue weighted by molar-refractivity contribution is -0.107. The Bertz CT molecular complexity index is 203. The molecule has 0 aliphatic heterocycles. The zero-order valence-electron chi connectivity index (χ0n) is 13.4. The van der Waals surface area contributed by atoms with Crippen molar-refractivity contribution < 1.29 is 18.9 Å². The molecular weight excluding hydrogens is 256 g/mol. The van der Waals surface area contributed by atoms with E-state index in [0.717, 1.165) is 38.7 Å². The number of rotatable bonds is 15. The summed E-state index contributed by atoms with van der Waals surface area (Å²) in [6.07, 6.45) is 12.8. The average Bonchev–Trinajstić information content (AvgIpc) is 2.48. The highest BCUT2D eigenvalue weighted by Gasteiger charge is 2.02. The van der Waals surface area contributed by atoms with Crippen molar-refractivity contribution in [2.75, 3.05) is 27.6 Å². The molecule has 0 bridgehead atoms. The van der Waals surface area contributed by atoms with Gasteiger partial charge in [0.25, 0.3) is 0 Å². The molecule has 0 atom stereocenters. The molecule has 0 fully saturated rings. The van der Waals surface area contributed by atoms with Gasteiger partial charge in [0.2, 0.25) is 0 Å². The van der Waals surface area contributed by atoms with Crippen LogP contribution in [0.1, 0.15) is 58.3 Å². The summed E-state index contributed by atoms with van der Waals surface area (Å²) in [7, 11) is 3.34. The first-order valence-corrected chi connectivity index (χ1v) is 7.75. The van der Waals surface area contributed by atoms with Crippen LogP contribution in [0.2, 0.25) is 0 Å². The molecule has 0 aliphatic carbocycles. The summed E-state index contributed by atoms with van der Waals surface area (Å²) in [5, 5.41) is 0. The van der Waals surface area contributed by atoms with Gasteiger partial charge in [-0.05, 0) is 38.2 Å². The maximum absolute atomic E-state index is 5.36. The molecule has 4 nitrogen and oxygen atoms in total. The van der Waals surface area contributed by atoms with Crippen molar-refractivity contribution in [1.82, 2.24) is 0 Å². The Morgan fingerprint density at radius 2 is 1.75 bits per heavy atom. The number of allylic oxidation sites excluding steroid dienone is 1. The van der Waals surface area contributed by atoms with Crippen LogP contribution in [0.15, 0.2) is 12.3 Å². The van der Waals surface area contributed by atoms with Gasteiger partial charge in [-0.1, -0.05) is 26.2 Å². The molecule has 20 heavy (non-hydrogen) atoms. The highest BCUT2D eigenvalue weighted by Crippen LogP contribution is 2.07. The molecule has 0 aromatic heterocycles. The quantitative estimate of drug-likeness (QED) is 0.256.